The third-order valence-electron chi connectivity index (χ3n) is 3.45. The molecular weight excluding hydrogens is 260 g/mol. The summed E-state index contributed by atoms with van der Waals surface area (Å²) < 4.78 is 0. The summed E-state index contributed by atoms with van der Waals surface area (Å²) >= 11 is 0. The molecule has 20 heavy (non-hydrogen) atoms. The Morgan fingerprint density at radius 2 is 2.00 bits per heavy atom. The lowest BCUT2D eigenvalue weighted by atomic mass is 9.99. The molecule has 1 rings (SSSR count). The predicted molar refractivity (Wildman–Crippen MR) is 74.1 cm³/mol. The third kappa shape index (κ3) is 4.83. The molecule has 1 aliphatic heterocycles. The van der Waals surface area contributed by atoms with Crippen molar-refractivity contribution < 1.29 is 19.5 Å². The summed E-state index contributed by atoms with van der Waals surface area (Å²) in [6.45, 7) is 4.63. The lowest BCUT2D eigenvalue weighted by Crippen LogP contribution is -2.53. The molecule has 0 aromatic carbocycles. The van der Waals surface area contributed by atoms with Crippen molar-refractivity contribution in [1.82, 2.24) is 10.2 Å². The molecule has 0 spiro atoms. The number of nitrogens with one attached hydrogen (secondary N) is 1. The fourth-order valence-electron chi connectivity index (χ4n) is 2.37. The van der Waals surface area contributed by atoms with Gasteiger partial charge in [0.2, 0.25) is 11.8 Å². The van der Waals surface area contributed by atoms with Crippen LogP contribution in [0.15, 0.2) is 0 Å². The first kappa shape index (κ1) is 16.5. The Labute approximate surface area is 119 Å². The van der Waals surface area contributed by atoms with Crippen molar-refractivity contribution >= 4 is 17.8 Å². The van der Waals surface area contributed by atoms with Gasteiger partial charge >= 0.3 is 5.97 Å². The fourth-order valence-corrected chi connectivity index (χ4v) is 2.37. The zero-order valence-corrected chi connectivity index (χ0v) is 12.2. The van der Waals surface area contributed by atoms with Crippen LogP contribution in [-0.2, 0) is 14.4 Å². The smallest absolute Gasteiger partial charge is 0.303 e. The van der Waals surface area contributed by atoms with E-state index in [4.69, 9.17) is 5.11 Å². The Bertz CT molecular complexity index is 368. The topological polar surface area (TPSA) is 86.7 Å². The second kappa shape index (κ2) is 7.87. The summed E-state index contributed by atoms with van der Waals surface area (Å²) in [5.74, 6) is -1.14. The molecule has 0 aliphatic carbocycles. The van der Waals surface area contributed by atoms with Gasteiger partial charge in [-0.1, -0.05) is 13.8 Å². The van der Waals surface area contributed by atoms with Crippen molar-refractivity contribution in [2.75, 3.05) is 13.1 Å². The molecule has 1 fully saturated rings. The van der Waals surface area contributed by atoms with E-state index in [-0.39, 0.29) is 24.2 Å². The molecule has 6 heteroatoms. The maximum atomic E-state index is 12.1. The number of carboxylic acids is 1. The number of likely N-dealkylation sites (tertiary alicyclic amines) is 1. The first-order valence-electron chi connectivity index (χ1n) is 7.23. The monoisotopic (exact) mass is 284 g/mol. The van der Waals surface area contributed by atoms with Gasteiger partial charge in [0.05, 0.1) is 0 Å². The van der Waals surface area contributed by atoms with Gasteiger partial charge in [-0.15, -0.1) is 0 Å². The maximum absolute atomic E-state index is 12.1. The van der Waals surface area contributed by atoms with Gasteiger partial charge in [0.1, 0.15) is 6.04 Å². The molecule has 6 nitrogen and oxygen atoms in total. The molecule has 0 bridgehead atoms. The average molecular weight is 284 g/mol. The van der Waals surface area contributed by atoms with Crippen molar-refractivity contribution in [2.24, 2.45) is 5.92 Å². The van der Waals surface area contributed by atoms with Crippen LogP contribution in [0.3, 0.4) is 0 Å². The average Bonchev–Trinajstić information content (AvgIpc) is 2.42. The van der Waals surface area contributed by atoms with Gasteiger partial charge in [0.15, 0.2) is 0 Å². The Morgan fingerprint density at radius 3 is 2.60 bits per heavy atom. The SMILES string of the molecule is CC(C)C(=O)N1CCCCC1C(=O)NCCCC(=O)O. The first-order valence-corrected chi connectivity index (χ1v) is 7.23. The number of piperidine rings is 1. The molecule has 1 unspecified atom stereocenters. The van der Waals surface area contributed by atoms with Crippen LogP contribution in [0, 0.1) is 5.92 Å². The molecule has 1 saturated heterocycles. The highest BCUT2D eigenvalue weighted by Crippen LogP contribution is 2.19. The van der Waals surface area contributed by atoms with E-state index in [1.54, 1.807) is 4.90 Å². The Kier molecular flexibility index (Phi) is 6.48. The number of nitrogens with zero attached hydrogens (tertiary/aromatic N) is 1. The minimum absolute atomic E-state index is 0.00962. The third-order valence-corrected chi connectivity index (χ3v) is 3.45. The number of hydrogen-bond donors (Lipinski definition) is 2. The summed E-state index contributed by atoms with van der Waals surface area (Å²) in [6, 6.07) is -0.400. The van der Waals surface area contributed by atoms with E-state index >= 15 is 0 Å². The zero-order valence-electron chi connectivity index (χ0n) is 12.2. The lowest BCUT2D eigenvalue weighted by molar-refractivity contribution is -0.144. The summed E-state index contributed by atoms with van der Waals surface area (Å²) in [5, 5.41) is 11.3. The number of hydrogen-bond acceptors (Lipinski definition) is 3. The highest BCUT2D eigenvalue weighted by molar-refractivity contribution is 5.88. The van der Waals surface area contributed by atoms with E-state index in [0.717, 1.165) is 12.8 Å². The Balaban J connectivity index is 2.50. The van der Waals surface area contributed by atoms with Crippen LogP contribution in [0.2, 0.25) is 0 Å². The first-order chi connectivity index (χ1) is 9.43. The van der Waals surface area contributed by atoms with Crippen molar-refractivity contribution in [3.8, 4) is 0 Å². The standard InChI is InChI=1S/C14H24N2O4/c1-10(2)14(20)16-9-4-3-6-11(16)13(19)15-8-5-7-12(17)18/h10-11H,3-9H2,1-2H3,(H,15,19)(H,17,18). The molecule has 0 aromatic heterocycles. The normalized spacial score (nSPS) is 18.9. The summed E-state index contributed by atoms with van der Waals surface area (Å²) in [4.78, 5) is 36.3. The van der Waals surface area contributed by atoms with Crippen LogP contribution in [0.4, 0.5) is 0 Å². The van der Waals surface area contributed by atoms with Gasteiger partial charge in [-0.3, -0.25) is 14.4 Å². The molecule has 0 radical (unpaired) electrons. The van der Waals surface area contributed by atoms with Crippen LogP contribution in [0.1, 0.15) is 46.0 Å². The number of carboxylic acid groups (broad SMARTS) is 1. The van der Waals surface area contributed by atoms with Crippen LogP contribution in [0.25, 0.3) is 0 Å². The second-order valence-corrected chi connectivity index (χ2v) is 5.49. The minimum Gasteiger partial charge on any atom is -0.481 e. The van der Waals surface area contributed by atoms with Gasteiger partial charge in [-0.05, 0) is 25.7 Å². The Hall–Kier alpha value is -1.59. The highest BCUT2D eigenvalue weighted by atomic mass is 16.4. The molecule has 1 atom stereocenters. The second-order valence-electron chi connectivity index (χ2n) is 5.49. The van der Waals surface area contributed by atoms with Crippen molar-refractivity contribution in [2.45, 2.75) is 52.0 Å². The van der Waals surface area contributed by atoms with Gasteiger partial charge in [0, 0.05) is 25.4 Å². The van der Waals surface area contributed by atoms with E-state index in [0.29, 0.717) is 25.9 Å². The fraction of sp³-hybridized carbons (Fsp3) is 0.786. The summed E-state index contributed by atoms with van der Waals surface area (Å²) in [7, 11) is 0. The van der Waals surface area contributed by atoms with E-state index in [2.05, 4.69) is 5.32 Å². The number of aliphatic carboxylic acids is 1. The molecule has 0 aromatic rings. The molecule has 1 aliphatic rings. The number of amides is 2. The number of carbonyl (C=O) groups is 3. The molecular formula is C14H24N2O4. The quantitative estimate of drug-likeness (QED) is 0.713. The van der Waals surface area contributed by atoms with Crippen molar-refractivity contribution in [3.63, 3.8) is 0 Å². The largest absolute Gasteiger partial charge is 0.481 e. The van der Waals surface area contributed by atoms with E-state index < -0.39 is 12.0 Å². The molecule has 2 amide bonds. The zero-order chi connectivity index (χ0) is 15.1. The van der Waals surface area contributed by atoms with Gasteiger partial charge in [-0.25, -0.2) is 0 Å². The summed E-state index contributed by atoms with van der Waals surface area (Å²) in [5.41, 5.74) is 0. The van der Waals surface area contributed by atoms with Crippen LogP contribution in [0.5, 0.6) is 0 Å². The number of carbonyl (C=O) groups excluding carboxylic acids is 2. The van der Waals surface area contributed by atoms with Crippen LogP contribution < -0.4 is 5.32 Å². The van der Waals surface area contributed by atoms with E-state index in [9.17, 15) is 14.4 Å². The van der Waals surface area contributed by atoms with E-state index in [1.165, 1.54) is 0 Å². The van der Waals surface area contributed by atoms with Crippen LogP contribution in [-0.4, -0.2) is 46.9 Å². The predicted octanol–water partition coefficient (Wildman–Crippen LogP) is 1.00. The van der Waals surface area contributed by atoms with Crippen LogP contribution >= 0.6 is 0 Å². The van der Waals surface area contributed by atoms with Crippen molar-refractivity contribution in [3.05, 3.63) is 0 Å². The van der Waals surface area contributed by atoms with Gasteiger partial charge in [-0.2, -0.15) is 0 Å². The maximum Gasteiger partial charge on any atom is 0.303 e. The summed E-state index contributed by atoms with van der Waals surface area (Å²) in [6.07, 6.45) is 3.01. The molecule has 0 saturated carbocycles. The Morgan fingerprint density at radius 1 is 1.30 bits per heavy atom. The molecule has 114 valence electrons. The molecule has 2 N–H and O–H groups in total. The van der Waals surface area contributed by atoms with E-state index in [1.807, 2.05) is 13.8 Å². The highest BCUT2D eigenvalue weighted by Gasteiger charge is 2.32. The number of rotatable bonds is 6. The molecule has 1 heterocycles. The minimum atomic E-state index is -0.867. The van der Waals surface area contributed by atoms with Crippen molar-refractivity contribution in [1.29, 1.82) is 0 Å². The lowest BCUT2D eigenvalue weighted by Gasteiger charge is -2.35. The van der Waals surface area contributed by atoms with Gasteiger partial charge in [0.25, 0.3) is 0 Å². The van der Waals surface area contributed by atoms with Gasteiger partial charge < -0.3 is 15.3 Å².